The molecule has 24 heavy (non-hydrogen) atoms. The number of amides is 2. The Balaban J connectivity index is 1.38. The molecule has 1 heterocycles. The summed E-state index contributed by atoms with van der Waals surface area (Å²) in [6.45, 7) is 2.35. The van der Waals surface area contributed by atoms with Gasteiger partial charge in [-0.15, -0.1) is 11.6 Å². The van der Waals surface area contributed by atoms with Gasteiger partial charge in [0, 0.05) is 11.4 Å². The van der Waals surface area contributed by atoms with E-state index in [9.17, 15) is 4.79 Å². The van der Waals surface area contributed by atoms with Crippen LogP contribution in [0.3, 0.4) is 0 Å². The Morgan fingerprint density at radius 3 is 2.46 bits per heavy atom. The Morgan fingerprint density at radius 2 is 1.88 bits per heavy atom. The molecule has 0 radical (unpaired) electrons. The number of halogens is 1. The standard InChI is InChI=1S/C19H26ClN3O/c20-16-5-9-18(10-6-16)23-19(24)22-17-7-3-14(4-8-17)1-2-15-11-12-21-13-15/h3,5,7-10,14-16,21H,1-2,4,6,11-13H2,(H2,22,23,24). The summed E-state index contributed by atoms with van der Waals surface area (Å²) >= 11 is 5.97. The topological polar surface area (TPSA) is 53.2 Å². The SMILES string of the molecule is O=C(NC1=CCC(Cl)C=C1)NC1=CCC(CCC2CCNC2)C=C1. The van der Waals surface area contributed by atoms with Crippen LogP contribution in [0.2, 0.25) is 0 Å². The maximum absolute atomic E-state index is 12.0. The lowest BCUT2D eigenvalue weighted by Gasteiger charge is -2.19. The maximum atomic E-state index is 12.0. The molecule has 1 fully saturated rings. The van der Waals surface area contributed by atoms with Gasteiger partial charge in [0.2, 0.25) is 0 Å². The third-order valence-electron chi connectivity index (χ3n) is 4.86. The molecule has 0 aromatic carbocycles. The largest absolute Gasteiger partial charge is 0.323 e. The van der Waals surface area contributed by atoms with E-state index in [2.05, 4.69) is 28.1 Å². The quantitative estimate of drug-likeness (QED) is 0.666. The van der Waals surface area contributed by atoms with E-state index in [-0.39, 0.29) is 11.4 Å². The number of carbonyl (C=O) groups is 1. The highest BCUT2D eigenvalue weighted by molar-refractivity contribution is 6.22. The molecule has 3 N–H and O–H groups in total. The lowest BCUT2D eigenvalue weighted by Crippen LogP contribution is -2.34. The van der Waals surface area contributed by atoms with Crippen molar-refractivity contribution >= 4 is 17.6 Å². The molecule has 0 saturated carbocycles. The summed E-state index contributed by atoms with van der Waals surface area (Å²) in [5, 5.41) is 9.20. The molecule has 1 saturated heterocycles. The lowest BCUT2D eigenvalue weighted by atomic mass is 9.90. The van der Waals surface area contributed by atoms with Gasteiger partial charge in [0.05, 0.1) is 5.38 Å². The minimum atomic E-state index is -0.203. The summed E-state index contributed by atoms with van der Waals surface area (Å²) in [4.78, 5) is 12.0. The highest BCUT2D eigenvalue weighted by Gasteiger charge is 2.17. The number of carbonyl (C=O) groups excluding carboxylic acids is 1. The molecule has 3 atom stereocenters. The van der Waals surface area contributed by atoms with Gasteiger partial charge in [-0.2, -0.15) is 0 Å². The molecule has 3 unspecified atom stereocenters. The predicted octanol–water partition coefficient (Wildman–Crippen LogP) is 3.59. The lowest BCUT2D eigenvalue weighted by molar-refractivity contribution is 0.246. The molecule has 130 valence electrons. The van der Waals surface area contributed by atoms with E-state index in [0.717, 1.165) is 30.2 Å². The van der Waals surface area contributed by atoms with Crippen molar-refractivity contribution in [3.63, 3.8) is 0 Å². The van der Waals surface area contributed by atoms with Crippen molar-refractivity contribution in [2.45, 2.75) is 37.5 Å². The first kappa shape index (κ1) is 17.3. The Labute approximate surface area is 149 Å². The summed E-state index contributed by atoms with van der Waals surface area (Å²) in [6, 6.07) is -0.203. The number of allylic oxidation sites excluding steroid dienone is 6. The van der Waals surface area contributed by atoms with Gasteiger partial charge in [0.15, 0.2) is 0 Å². The van der Waals surface area contributed by atoms with Crippen LogP contribution >= 0.6 is 11.6 Å². The van der Waals surface area contributed by atoms with E-state index in [0.29, 0.717) is 5.92 Å². The first-order chi connectivity index (χ1) is 11.7. The van der Waals surface area contributed by atoms with E-state index in [1.165, 1.54) is 32.4 Å². The van der Waals surface area contributed by atoms with Gasteiger partial charge in [-0.1, -0.05) is 24.3 Å². The van der Waals surface area contributed by atoms with E-state index < -0.39 is 0 Å². The van der Waals surface area contributed by atoms with Crippen LogP contribution in [-0.4, -0.2) is 24.5 Å². The van der Waals surface area contributed by atoms with E-state index >= 15 is 0 Å². The van der Waals surface area contributed by atoms with Crippen molar-refractivity contribution in [1.82, 2.24) is 16.0 Å². The number of hydrogen-bond donors (Lipinski definition) is 3. The van der Waals surface area contributed by atoms with E-state index in [1.54, 1.807) is 0 Å². The fraction of sp³-hybridized carbons (Fsp3) is 0.526. The third-order valence-corrected chi connectivity index (χ3v) is 5.18. The zero-order valence-electron chi connectivity index (χ0n) is 13.9. The van der Waals surface area contributed by atoms with Crippen LogP contribution in [-0.2, 0) is 0 Å². The summed E-state index contributed by atoms with van der Waals surface area (Å²) in [5.41, 5.74) is 1.68. The highest BCUT2D eigenvalue weighted by Crippen LogP contribution is 2.24. The van der Waals surface area contributed by atoms with Gasteiger partial charge in [-0.05, 0) is 69.2 Å². The summed E-state index contributed by atoms with van der Waals surface area (Å²) < 4.78 is 0. The van der Waals surface area contributed by atoms with Gasteiger partial charge < -0.3 is 16.0 Å². The number of nitrogens with one attached hydrogen (secondary N) is 3. The second-order valence-corrected chi connectivity index (χ2v) is 7.36. The average molecular weight is 348 g/mol. The molecular formula is C19H26ClN3O. The first-order valence-electron chi connectivity index (χ1n) is 8.88. The Kier molecular flexibility index (Phi) is 6.16. The fourth-order valence-corrected chi connectivity index (χ4v) is 3.52. The van der Waals surface area contributed by atoms with Crippen molar-refractivity contribution in [2.75, 3.05) is 13.1 Å². The van der Waals surface area contributed by atoms with Gasteiger partial charge >= 0.3 is 6.03 Å². The molecule has 1 aliphatic heterocycles. The van der Waals surface area contributed by atoms with Crippen molar-refractivity contribution in [1.29, 1.82) is 0 Å². The van der Waals surface area contributed by atoms with Crippen LogP contribution in [0.4, 0.5) is 4.79 Å². The average Bonchev–Trinajstić information content (AvgIpc) is 3.10. The third kappa shape index (κ3) is 5.25. The molecule has 4 nitrogen and oxygen atoms in total. The molecule has 3 rings (SSSR count). The minimum Gasteiger partial charge on any atom is -0.316 e. The van der Waals surface area contributed by atoms with Crippen LogP contribution in [0.15, 0.2) is 47.9 Å². The van der Waals surface area contributed by atoms with Crippen molar-refractivity contribution < 1.29 is 4.79 Å². The predicted molar refractivity (Wildman–Crippen MR) is 98.7 cm³/mol. The summed E-state index contributed by atoms with van der Waals surface area (Å²) in [6.07, 6.45) is 17.6. The van der Waals surface area contributed by atoms with Crippen LogP contribution < -0.4 is 16.0 Å². The Morgan fingerprint density at radius 1 is 1.12 bits per heavy atom. The minimum absolute atomic E-state index is 0.0274. The Bertz CT molecular complexity index is 573. The molecular weight excluding hydrogens is 322 g/mol. The van der Waals surface area contributed by atoms with Gasteiger partial charge in [-0.3, -0.25) is 0 Å². The summed E-state index contributed by atoms with van der Waals surface area (Å²) in [7, 11) is 0. The molecule has 3 aliphatic rings. The molecule has 5 heteroatoms. The van der Waals surface area contributed by atoms with Crippen LogP contribution in [0.5, 0.6) is 0 Å². The second-order valence-electron chi connectivity index (χ2n) is 6.80. The Hall–Kier alpha value is -1.52. The van der Waals surface area contributed by atoms with Crippen molar-refractivity contribution in [2.24, 2.45) is 11.8 Å². The van der Waals surface area contributed by atoms with Crippen LogP contribution in [0.25, 0.3) is 0 Å². The fourth-order valence-electron chi connectivity index (χ4n) is 3.36. The second kappa shape index (κ2) is 8.54. The smallest absolute Gasteiger partial charge is 0.316 e. The van der Waals surface area contributed by atoms with E-state index in [1.807, 2.05) is 24.3 Å². The normalized spacial score (nSPS) is 29.1. The molecule has 0 aromatic heterocycles. The van der Waals surface area contributed by atoms with Gasteiger partial charge in [0.25, 0.3) is 0 Å². The molecule has 2 amide bonds. The van der Waals surface area contributed by atoms with Crippen molar-refractivity contribution in [3.8, 4) is 0 Å². The first-order valence-corrected chi connectivity index (χ1v) is 9.32. The zero-order valence-corrected chi connectivity index (χ0v) is 14.7. The van der Waals surface area contributed by atoms with Gasteiger partial charge in [-0.25, -0.2) is 4.79 Å². The number of alkyl halides is 1. The molecule has 0 bridgehead atoms. The molecule has 2 aliphatic carbocycles. The molecule has 0 aromatic rings. The van der Waals surface area contributed by atoms with Crippen LogP contribution in [0.1, 0.15) is 32.1 Å². The molecule has 0 spiro atoms. The monoisotopic (exact) mass is 347 g/mol. The highest BCUT2D eigenvalue weighted by atomic mass is 35.5. The van der Waals surface area contributed by atoms with E-state index in [4.69, 9.17) is 11.6 Å². The van der Waals surface area contributed by atoms with Gasteiger partial charge in [0.1, 0.15) is 0 Å². The zero-order chi connectivity index (χ0) is 16.8. The number of rotatable bonds is 5. The number of hydrogen-bond acceptors (Lipinski definition) is 2. The van der Waals surface area contributed by atoms with Crippen LogP contribution in [0, 0.1) is 11.8 Å². The summed E-state index contributed by atoms with van der Waals surface area (Å²) in [5.74, 6) is 1.45. The van der Waals surface area contributed by atoms with Crippen molar-refractivity contribution in [3.05, 3.63) is 47.9 Å². The number of urea groups is 1. The maximum Gasteiger partial charge on any atom is 0.323 e.